The maximum Gasteiger partial charge on any atom is 0.102 e. The molecule has 0 bridgehead atoms. The highest BCUT2D eigenvalue weighted by atomic mass is 16.5. The zero-order valence-electron chi connectivity index (χ0n) is 9.93. The van der Waals surface area contributed by atoms with E-state index in [4.69, 9.17) is 4.74 Å². The lowest BCUT2D eigenvalue weighted by Crippen LogP contribution is -2.48. The lowest BCUT2D eigenvalue weighted by atomic mass is 10.2. The number of likely N-dealkylation sites (tertiary alicyclic amines) is 1. The van der Waals surface area contributed by atoms with Gasteiger partial charge in [-0.3, -0.25) is 0 Å². The molecule has 0 amide bonds. The Labute approximate surface area is 88.8 Å². The Morgan fingerprint density at radius 2 is 1.79 bits per heavy atom. The predicted octanol–water partition coefficient (Wildman–Crippen LogP) is 2.43. The van der Waals surface area contributed by atoms with E-state index in [0.29, 0.717) is 0 Å². The van der Waals surface area contributed by atoms with Gasteiger partial charge in [-0.05, 0) is 13.3 Å². The second kappa shape index (κ2) is 6.41. The first kappa shape index (κ1) is 12.0. The number of hydrogen-bond donors (Lipinski definition) is 0. The molecule has 84 valence electrons. The van der Waals surface area contributed by atoms with E-state index >= 15 is 0 Å². The molecule has 0 radical (unpaired) electrons. The van der Waals surface area contributed by atoms with Gasteiger partial charge in [-0.2, -0.15) is 0 Å². The average molecular weight is 200 g/mol. The highest BCUT2D eigenvalue weighted by Gasteiger charge is 2.30. The molecule has 1 aliphatic heterocycles. The Bertz CT molecular complexity index is 141. The molecule has 2 nitrogen and oxygen atoms in total. The Morgan fingerprint density at radius 1 is 1.07 bits per heavy atom. The van der Waals surface area contributed by atoms with Gasteiger partial charge >= 0.3 is 0 Å². The zero-order valence-corrected chi connectivity index (χ0v) is 9.93. The van der Waals surface area contributed by atoms with Gasteiger partial charge in [-0.25, -0.2) is 0 Å². The van der Waals surface area contributed by atoms with Crippen LogP contribution >= 0.6 is 0 Å². The largest absolute Gasteiger partial charge is 0.376 e. The molecule has 0 aromatic heterocycles. The maximum absolute atomic E-state index is 5.48. The molecular formula is C12H26NO+. The Hall–Kier alpha value is -0.0800. The normalized spacial score (nSPS) is 20.1. The van der Waals surface area contributed by atoms with Crippen molar-refractivity contribution in [2.24, 2.45) is 0 Å². The molecule has 0 aromatic carbocycles. The van der Waals surface area contributed by atoms with Crippen LogP contribution < -0.4 is 0 Å². The van der Waals surface area contributed by atoms with E-state index in [1.165, 1.54) is 56.3 Å². The van der Waals surface area contributed by atoms with Crippen LogP contribution in [0, 0.1) is 0 Å². The zero-order chi connectivity index (χ0) is 10.3. The molecule has 0 aromatic rings. The number of hydrogen-bond acceptors (Lipinski definition) is 1. The fraction of sp³-hybridized carbons (Fsp3) is 1.00. The summed E-state index contributed by atoms with van der Waals surface area (Å²) in [6, 6.07) is 0. The highest BCUT2D eigenvalue weighted by molar-refractivity contribution is 4.55. The van der Waals surface area contributed by atoms with Crippen LogP contribution in [0.15, 0.2) is 0 Å². The fourth-order valence-electron chi connectivity index (χ4n) is 2.46. The standard InChI is InChI=1S/C12H26NO/c1-3-5-8-13(9-6-7-10-13)11-12-14-4-2/h3-12H2,1-2H3/q+1. The summed E-state index contributed by atoms with van der Waals surface area (Å²) in [6.45, 7) is 11.6. The molecule has 0 N–H and O–H groups in total. The van der Waals surface area contributed by atoms with E-state index in [-0.39, 0.29) is 0 Å². The van der Waals surface area contributed by atoms with Crippen LogP contribution in [-0.4, -0.2) is 43.9 Å². The van der Waals surface area contributed by atoms with Gasteiger partial charge in [0.25, 0.3) is 0 Å². The molecule has 0 aliphatic carbocycles. The Balaban J connectivity index is 2.28. The summed E-state index contributed by atoms with van der Waals surface area (Å²) in [4.78, 5) is 0. The molecular weight excluding hydrogens is 174 g/mol. The molecule has 2 heteroatoms. The molecule has 1 fully saturated rings. The SMILES string of the molecule is CCCC[N+]1(CCOCC)CCCC1. The van der Waals surface area contributed by atoms with Crippen molar-refractivity contribution in [3.63, 3.8) is 0 Å². The monoisotopic (exact) mass is 200 g/mol. The summed E-state index contributed by atoms with van der Waals surface area (Å²) in [5, 5.41) is 0. The Morgan fingerprint density at radius 3 is 2.36 bits per heavy atom. The summed E-state index contributed by atoms with van der Waals surface area (Å²) in [6.07, 6.45) is 5.56. The van der Waals surface area contributed by atoms with E-state index in [1.807, 2.05) is 0 Å². The van der Waals surface area contributed by atoms with E-state index in [1.54, 1.807) is 0 Å². The van der Waals surface area contributed by atoms with Gasteiger partial charge in [0, 0.05) is 19.4 Å². The van der Waals surface area contributed by atoms with Gasteiger partial charge < -0.3 is 9.22 Å². The molecule has 0 unspecified atom stereocenters. The van der Waals surface area contributed by atoms with Crippen molar-refractivity contribution in [2.75, 3.05) is 39.4 Å². The lowest BCUT2D eigenvalue weighted by molar-refractivity contribution is -0.917. The molecule has 1 saturated heterocycles. The van der Waals surface area contributed by atoms with Crippen LogP contribution in [0.2, 0.25) is 0 Å². The third kappa shape index (κ3) is 3.58. The van der Waals surface area contributed by atoms with Gasteiger partial charge in [0.1, 0.15) is 6.54 Å². The lowest BCUT2D eigenvalue weighted by Gasteiger charge is -2.34. The first-order valence-electron chi connectivity index (χ1n) is 6.26. The van der Waals surface area contributed by atoms with Crippen molar-refractivity contribution >= 4 is 0 Å². The van der Waals surface area contributed by atoms with Crippen molar-refractivity contribution in [1.82, 2.24) is 0 Å². The molecule has 1 heterocycles. The van der Waals surface area contributed by atoms with Crippen molar-refractivity contribution < 1.29 is 9.22 Å². The second-order valence-corrected chi connectivity index (χ2v) is 4.49. The smallest absolute Gasteiger partial charge is 0.102 e. The number of nitrogens with zero attached hydrogens (tertiary/aromatic N) is 1. The second-order valence-electron chi connectivity index (χ2n) is 4.49. The fourth-order valence-corrected chi connectivity index (χ4v) is 2.46. The van der Waals surface area contributed by atoms with Crippen molar-refractivity contribution in [3.8, 4) is 0 Å². The first-order chi connectivity index (χ1) is 6.83. The minimum atomic E-state index is 0.869. The molecule has 0 saturated carbocycles. The maximum atomic E-state index is 5.48. The van der Waals surface area contributed by atoms with Gasteiger partial charge in [0.05, 0.1) is 26.2 Å². The van der Waals surface area contributed by atoms with Gasteiger partial charge in [-0.15, -0.1) is 0 Å². The van der Waals surface area contributed by atoms with Crippen LogP contribution in [-0.2, 0) is 4.74 Å². The molecule has 0 atom stereocenters. The molecule has 1 rings (SSSR count). The topological polar surface area (TPSA) is 9.23 Å². The van der Waals surface area contributed by atoms with Crippen LogP contribution in [0.5, 0.6) is 0 Å². The Kier molecular flexibility index (Phi) is 5.49. The minimum Gasteiger partial charge on any atom is -0.376 e. The number of quaternary nitrogens is 1. The number of rotatable bonds is 7. The summed E-state index contributed by atoms with van der Waals surface area (Å²) >= 11 is 0. The van der Waals surface area contributed by atoms with Crippen LogP contribution in [0.3, 0.4) is 0 Å². The molecule has 0 spiro atoms. The summed E-state index contributed by atoms with van der Waals surface area (Å²) < 4.78 is 6.83. The van der Waals surface area contributed by atoms with E-state index in [0.717, 1.165) is 13.2 Å². The van der Waals surface area contributed by atoms with Gasteiger partial charge in [-0.1, -0.05) is 13.3 Å². The third-order valence-electron chi connectivity index (χ3n) is 3.42. The third-order valence-corrected chi connectivity index (χ3v) is 3.42. The predicted molar refractivity (Wildman–Crippen MR) is 60.4 cm³/mol. The van der Waals surface area contributed by atoms with Crippen LogP contribution in [0.1, 0.15) is 39.5 Å². The van der Waals surface area contributed by atoms with Crippen LogP contribution in [0.25, 0.3) is 0 Å². The van der Waals surface area contributed by atoms with Crippen LogP contribution in [0.4, 0.5) is 0 Å². The summed E-state index contributed by atoms with van der Waals surface area (Å²) in [5.74, 6) is 0. The van der Waals surface area contributed by atoms with Crippen molar-refractivity contribution in [2.45, 2.75) is 39.5 Å². The summed E-state index contributed by atoms with van der Waals surface area (Å²) in [5.41, 5.74) is 0. The quantitative estimate of drug-likeness (QED) is 0.453. The van der Waals surface area contributed by atoms with Crippen molar-refractivity contribution in [1.29, 1.82) is 0 Å². The molecule has 1 aliphatic rings. The minimum absolute atomic E-state index is 0.869. The van der Waals surface area contributed by atoms with E-state index in [2.05, 4.69) is 13.8 Å². The number of unbranched alkanes of at least 4 members (excludes halogenated alkanes) is 1. The highest BCUT2D eigenvalue weighted by Crippen LogP contribution is 2.20. The summed E-state index contributed by atoms with van der Waals surface area (Å²) in [7, 11) is 0. The number of ether oxygens (including phenoxy) is 1. The van der Waals surface area contributed by atoms with E-state index in [9.17, 15) is 0 Å². The van der Waals surface area contributed by atoms with Gasteiger partial charge in [0.2, 0.25) is 0 Å². The van der Waals surface area contributed by atoms with E-state index < -0.39 is 0 Å². The average Bonchev–Trinajstić information content (AvgIpc) is 2.65. The first-order valence-corrected chi connectivity index (χ1v) is 6.26. The van der Waals surface area contributed by atoms with Crippen molar-refractivity contribution in [3.05, 3.63) is 0 Å². The molecule has 14 heavy (non-hydrogen) atoms. The van der Waals surface area contributed by atoms with Gasteiger partial charge in [0.15, 0.2) is 0 Å².